The summed E-state index contributed by atoms with van der Waals surface area (Å²) in [5, 5.41) is 2.04. The van der Waals surface area contributed by atoms with E-state index in [1.54, 1.807) is 11.3 Å². The molecule has 2 atom stereocenters. The summed E-state index contributed by atoms with van der Waals surface area (Å²) in [6, 6.07) is 2.53. The molecule has 1 saturated carbocycles. The lowest BCUT2D eigenvalue weighted by Crippen LogP contribution is -2.37. The van der Waals surface area contributed by atoms with Gasteiger partial charge >= 0.3 is 0 Å². The molecule has 3 rings (SSSR count). The van der Waals surface area contributed by atoms with E-state index in [1.165, 1.54) is 17.7 Å². The molecule has 1 aromatic rings. The van der Waals surface area contributed by atoms with E-state index in [-0.39, 0.29) is 5.91 Å². The minimum atomic E-state index is 0.257. The van der Waals surface area contributed by atoms with Crippen molar-refractivity contribution >= 4 is 17.2 Å². The number of fused-ring (bicyclic) bond motifs is 2. The minimum absolute atomic E-state index is 0.257. The Hall–Kier alpha value is -0.830. The first-order valence-corrected chi connectivity index (χ1v) is 8.58. The van der Waals surface area contributed by atoms with Gasteiger partial charge in [0.05, 0.1) is 5.56 Å². The van der Waals surface area contributed by atoms with Crippen LogP contribution in [-0.4, -0.2) is 23.4 Å². The van der Waals surface area contributed by atoms with E-state index >= 15 is 0 Å². The number of nitrogens with zero attached hydrogens (tertiary/aromatic N) is 1. The summed E-state index contributed by atoms with van der Waals surface area (Å²) < 4.78 is 0. The van der Waals surface area contributed by atoms with E-state index in [0.717, 1.165) is 24.9 Å². The van der Waals surface area contributed by atoms with Crippen LogP contribution < -0.4 is 0 Å². The third-order valence-corrected chi connectivity index (χ3v) is 6.01. The fraction of sp³-hybridized carbons (Fsp3) is 0.706. The number of likely N-dealkylation sites (tertiary alicyclic amines) is 1. The highest BCUT2D eigenvalue weighted by Crippen LogP contribution is 2.52. The van der Waals surface area contributed by atoms with Crippen molar-refractivity contribution in [2.75, 3.05) is 6.54 Å². The molecule has 1 saturated heterocycles. The molecule has 2 fully saturated rings. The van der Waals surface area contributed by atoms with Gasteiger partial charge in [-0.05, 0) is 42.6 Å². The number of hydrogen-bond acceptors (Lipinski definition) is 2. The van der Waals surface area contributed by atoms with Gasteiger partial charge in [0.2, 0.25) is 0 Å². The van der Waals surface area contributed by atoms with Crippen molar-refractivity contribution < 1.29 is 4.79 Å². The van der Waals surface area contributed by atoms with Crippen LogP contribution in [0.5, 0.6) is 0 Å². The third-order valence-electron chi connectivity index (χ3n) is 4.92. The van der Waals surface area contributed by atoms with Crippen molar-refractivity contribution in [3.8, 4) is 0 Å². The van der Waals surface area contributed by atoms with E-state index in [1.807, 2.05) is 5.38 Å². The maximum atomic E-state index is 12.8. The molecule has 20 heavy (non-hydrogen) atoms. The molecule has 0 aromatic carbocycles. The maximum Gasteiger partial charge on any atom is 0.254 e. The number of aryl methyl sites for hydroxylation is 1. The Balaban J connectivity index is 1.83. The molecule has 110 valence electrons. The van der Waals surface area contributed by atoms with E-state index in [2.05, 4.69) is 38.7 Å². The monoisotopic (exact) mass is 291 g/mol. The highest BCUT2D eigenvalue weighted by Gasteiger charge is 2.51. The Morgan fingerprint density at radius 2 is 2.15 bits per heavy atom. The van der Waals surface area contributed by atoms with Crippen LogP contribution in [0.25, 0.3) is 0 Å². The molecular formula is C17H25NOS. The number of thiophene rings is 1. The van der Waals surface area contributed by atoms with Crippen molar-refractivity contribution in [2.24, 2.45) is 10.8 Å². The van der Waals surface area contributed by atoms with Crippen LogP contribution in [0.4, 0.5) is 0 Å². The molecule has 1 amide bonds. The first-order chi connectivity index (χ1) is 9.32. The van der Waals surface area contributed by atoms with Crippen LogP contribution in [0, 0.1) is 10.8 Å². The summed E-state index contributed by atoms with van der Waals surface area (Å²) >= 11 is 1.71. The Morgan fingerprint density at radius 1 is 1.40 bits per heavy atom. The standard InChI is InChI=1S/C17H25NOS/c1-5-14-6-12(9-20-14)15(19)18-11-17(4)8-13(18)7-16(2,3)10-17/h6,9,13H,5,7-8,10-11H2,1-4H3/t13-,17-/m1/s1. The summed E-state index contributed by atoms with van der Waals surface area (Å²) in [5.41, 5.74) is 1.60. The van der Waals surface area contributed by atoms with E-state index in [9.17, 15) is 4.79 Å². The van der Waals surface area contributed by atoms with Gasteiger partial charge in [-0.15, -0.1) is 11.3 Å². The molecule has 0 radical (unpaired) electrons. The smallest absolute Gasteiger partial charge is 0.254 e. The molecule has 0 spiro atoms. The second-order valence-corrected chi connectivity index (χ2v) is 8.80. The van der Waals surface area contributed by atoms with Crippen molar-refractivity contribution in [3.05, 3.63) is 21.9 Å². The zero-order valence-corrected chi connectivity index (χ0v) is 13.8. The second kappa shape index (κ2) is 4.59. The predicted molar refractivity (Wildman–Crippen MR) is 84.3 cm³/mol. The molecule has 0 N–H and O–H groups in total. The molecule has 2 nitrogen and oxygen atoms in total. The summed E-state index contributed by atoms with van der Waals surface area (Å²) in [5.74, 6) is 0.257. The van der Waals surface area contributed by atoms with Gasteiger partial charge in [-0.1, -0.05) is 27.7 Å². The molecule has 2 aliphatic rings. The Labute approximate surface area is 126 Å². The summed E-state index contributed by atoms with van der Waals surface area (Å²) in [4.78, 5) is 16.3. The Bertz CT molecular complexity index is 533. The van der Waals surface area contributed by atoms with Gasteiger partial charge in [0, 0.05) is 22.8 Å². The Kier molecular flexibility index (Phi) is 3.24. The zero-order chi connectivity index (χ0) is 14.5. The summed E-state index contributed by atoms with van der Waals surface area (Å²) in [6.45, 7) is 10.2. The normalized spacial score (nSPS) is 31.6. The predicted octanol–water partition coefficient (Wildman–Crippen LogP) is 4.35. The van der Waals surface area contributed by atoms with Gasteiger partial charge in [0.25, 0.3) is 5.91 Å². The van der Waals surface area contributed by atoms with Crippen LogP contribution in [0.15, 0.2) is 11.4 Å². The van der Waals surface area contributed by atoms with Gasteiger partial charge in [0.15, 0.2) is 0 Å². The quantitative estimate of drug-likeness (QED) is 0.793. The summed E-state index contributed by atoms with van der Waals surface area (Å²) in [7, 11) is 0. The van der Waals surface area contributed by atoms with Crippen molar-refractivity contribution in [2.45, 2.75) is 59.4 Å². The first-order valence-electron chi connectivity index (χ1n) is 7.70. The topological polar surface area (TPSA) is 20.3 Å². The number of hydrogen-bond donors (Lipinski definition) is 0. The molecule has 1 aliphatic heterocycles. The molecule has 2 bridgehead atoms. The molecule has 3 heteroatoms. The minimum Gasteiger partial charge on any atom is -0.335 e. The molecule has 2 heterocycles. The van der Waals surface area contributed by atoms with Crippen LogP contribution in [-0.2, 0) is 6.42 Å². The first kappa shape index (κ1) is 14.1. The number of carbonyl (C=O) groups excluding carboxylic acids is 1. The number of carbonyl (C=O) groups is 1. The lowest BCUT2D eigenvalue weighted by atomic mass is 9.65. The molecule has 0 unspecified atom stereocenters. The van der Waals surface area contributed by atoms with Crippen LogP contribution in [0.1, 0.15) is 62.2 Å². The highest BCUT2D eigenvalue weighted by molar-refractivity contribution is 7.10. The van der Waals surface area contributed by atoms with Crippen LogP contribution in [0.2, 0.25) is 0 Å². The highest BCUT2D eigenvalue weighted by atomic mass is 32.1. The van der Waals surface area contributed by atoms with Gasteiger partial charge in [0.1, 0.15) is 0 Å². The fourth-order valence-corrected chi connectivity index (χ4v) is 5.35. The fourth-order valence-electron chi connectivity index (χ4n) is 4.54. The van der Waals surface area contributed by atoms with Gasteiger partial charge < -0.3 is 4.90 Å². The van der Waals surface area contributed by atoms with Crippen LogP contribution >= 0.6 is 11.3 Å². The van der Waals surface area contributed by atoms with E-state index in [4.69, 9.17) is 0 Å². The molecule has 1 aliphatic carbocycles. The largest absolute Gasteiger partial charge is 0.335 e. The Morgan fingerprint density at radius 3 is 2.80 bits per heavy atom. The zero-order valence-electron chi connectivity index (χ0n) is 13.0. The SMILES string of the molecule is CCc1cc(C(=O)N2C[C@]3(C)C[C@H]2CC(C)(C)C3)cs1. The van der Waals surface area contributed by atoms with Crippen molar-refractivity contribution in [3.63, 3.8) is 0 Å². The van der Waals surface area contributed by atoms with Crippen LogP contribution in [0.3, 0.4) is 0 Å². The second-order valence-electron chi connectivity index (χ2n) is 7.80. The number of rotatable bonds is 2. The van der Waals surface area contributed by atoms with E-state index < -0.39 is 0 Å². The molecular weight excluding hydrogens is 266 g/mol. The average molecular weight is 291 g/mol. The molecule has 1 aromatic heterocycles. The average Bonchev–Trinajstić information content (AvgIpc) is 2.89. The van der Waals surface area contributed by atoms with Gasteiger partial charge in [-0.2, -0.15) is 0 Å². The lowest BCUT2D eigenvalue weighted by molar-refractivity contribution is 0.0708. The summed E-state index contributed by atoms with van der Waals surface area (Å²) in [6.07, 6.45) is 4.60. The van der Waals surface area contributed by atoms with Crippen molar-refractivity contribution in [1.29, 1.82) is 0 Å². The van der Waals surface area contributed by atoms with Gasteiger partial charge in [-0.3, -0.25) is 4.79 Å². The van der Waals surface area contributed by atoms with Crippen molar-refractivity contribution in [1.82, 2.24) is 4.90 Å². The maximum absolute atomic E-state index is 12.8. The number of amides is 1. The van der Waals surface area contributed by atoms with E-state index in [0.29, 0.717) is 16.9 Å². The third kappa shape index (κ3) is 2.41. The lowest BCUT2D eigenvalue weighted by Gasteiger charge is -2.39. The van der Waals surface area contributed by atoms with Gasteiger partial charge in [-0.25, -0.2) is 0 Å².